The molecular weight excluding hydrogens is 391 g/mol. The highest BCUT2D eigenvalue weighted by Gasteiger charge is 2.04. The van der Waals surface area contributed by atoms with Gasteiger partial charge in [0.15, 0.2) is 5.96 Å². The highest BCUT2D eigenvalue weighted by molar-refractivity contribution is 14.0. The lowest BCUT2D eigenvalue weighted by atomic mass is 10.1. The van der Waals surface area contributed by atoms with Gasteiger partial charge in [0.1, 0.15) is 0 Å². The summed E-state index contributed by atoms with van der Waals surface area (Å²) in [6, 6.07) is 6.21. The zero-order valence-corrected chi connectivity index (χ0v) is 16.1. The summed E-state index contributed by atoms with van der Waals surface area (Å²) in [7, 11) is 0. The van der Waals surface area contributed by atoms with Crippen LogP contribution < -0.4 is 16.4 Å². The predicted octanol–water partition coefficient (Wildman–Crippen LogP) is 2.95. The highest BCUT2D eigenvalue weighted by Crippen LogP contribution is 2.13. The van der Waals surface area contributed by atoms with E-state index in [1.165, 1.54) is 11.1 Å². The summed E-state index contributed by atoms with van der Waals surface area (Å²) >= 11 is 0. The second-order valence-electron chi connectivity index (χ2n) is 5.32. The molecule has 5 nitrogen and oxygen atoms in total. The topological polar surface area (TPSA) is 79.5 Å². The number of benzene rings is 1. The molecule has 0 aliphatic heterocycles. The van der Waals surface area contributed by atoms with Gasteiger partial charge in [0.2, 0.25) is 5.91 Å². The summed E-state index contributed by atoms with van der Waals surface area (Å²) < 4.78 is 0. The molecule has 124 valence electrons. The van der Waals surface area contributed by atoms with Crippen LogP contribution in [-0.4, -0.2) is 24.5 Å². The molecule has 1 unspecified atom stereocenters. The zero-order valence-electron chi connectivity index (χ0n) is 13.8. The third kappa shape index (κ3) is 7.63. The maximum Gasteiger partial charge on any atom is 0.222 e. The van der Waals surface area contributed by atoms with Gasteiger partial charge >= 0.3 is 0 Å². The normalized spacial score (nSPS) is 12.3. The molecule has 0 radical (unpaired) electrons. The van der Waals surface area contributed by atoms with Crippen LogP contribution in [0.25, 0.3) is 0 Å². The molecule has 0 fully saturated rings. The minimum atomic E-state index is 0. The summed E-state index contributed by atoms with van der Waals surface area (Å²) in [5.41, 5.74) is 9.15. The van der Waals surface area contributed by atoms with Crippen LogP contribution in [0.15, 0.2) is 23.2 Å². The average Bonchev–Trinajstić information content (AvgIpc) is 2.42. The summed E-state index contributed by atoms with van der Waals surface area (Å²) in [5, 5.41) is 5.93. The standard InChI is InChI=1S/C16H26N4O.HI/c1-5-13(4)19-15(21)8-9-18-16(17)20-14-7-6-11(2)12(3)10-14;/h6-7,10,13H,5,8-9H2,1-4H3,(H,19,21)(H3,17,18,20);1H. The molecule has 0 saturated carbocycles. The van der Waals surface area contributed by atoms with Gasteiger partial charge in [-0.25, -0.2) is 0 Å². The van der Waals surface area contributed by atoms with Crippen molar-refractivity contribution in [1.29, 1.82) is 0 Å². The maximum absolute atomic E-state index is 11.6. The number of carbonyl (C=O) groups is 1. The molecule has 22 heavy (non-hydrogen) atoms. The maximum atomic E-state index is 11.6. The number of anilines is 1. The number of aryl methyl sites for hydroxylation is 2. The van der Waals surface area contributed by atoms with Gasteiger partial charge in [0.05, 0.1) is 6.54 Å². The lowest BCUT2D eigenvalue weighted by molar-refractivity contribution is -0.121. The number of guanidine groups is 1. The number of carbonyl (C=O) groups excluding carboxylic acids is 1. The number of rotatable bonds is 6. The lowest BCUT2D eigenvalue weighted by Crippen LogP contribution is -2.32. The summed E-state index contributed by atoms with van der Waals surface area (Å²) in [5.74, 6) is 0.335. The molecule has 0 saturated heterocycles. The number of nitrogens with one attached hydrogen (secondary N) is 2. The van der Waals surface area contributed by atoms with Gasteiger partial charge in [0.25, 0.3) is 0 Å². The second kappa shape index (κ2) is 10.4. The van der Waals surface area contributed by atoms with Crippen molar-refractivity contribution >= 4 is 41.5 Å². The van der Waals surface area contributed by atoms with E-state index in [-0.39, 0.29) is 35.9 Å². The van der Waals surface area contributed by atoms with Gasteiger partial charge in [0, 0.05) is 18.2 Å². The smallest absolute Gasteiger partial charge is 0.222 e. The van der Waals surface area contributed by atoms with Gasteiger partial charge < -0.3 is 16.4 Å². The number of halogens is 1. The van der Waals surface area contributed by atoms with Gasteiger partial charge in [-0.1, -0.05) is 13.0 Å². The second-order valence-corrected chi connectivity index (χ2v) is 5.32. The van der Waals surface area contributed by atoms with Crippen LogP contribution in [-0.2, 0) is 4.79 Å². The largest absolute Gasteiger partial charge is 0.370 e. The molecule has 1 rings (SSSR count). The molecule has 0 aliphatic rings. The lowest BCUT2D eigenvalue weighted by Gasteiger charge is -2.10. The van der Waals surface area contributed by atoms with Crippen molar-refractivity contribution in [2.24, 2.45) is 10.7 Å². The van der Waals surface area contributed by atoms with E-state index in [0.29, 0.717) is 18.9 Å². The molecule has 1 aromatic carbocycles. The van der Waals surface area contributed by atoms with Gasteiger partial charge in [-0.2, -0.15) is 0 Å². The Morgan fingerprint density at radius 2 is 2.00 bits per heavy atom. The van der Waals surface area contributed by atoms with Gasteiger partial charge in [-0.3, -0.25) is 9.79 Å². The minimum Gasteiger partial charge on any atom is -0.370 e. The van der Waals surface area contributed by atoms with E-state index in [4.69, 9.17) is 5.73 Å². The van der Waals surface area contributed by atoms with Crippen LogP contribution in [0.2, 0.25) is 0 Å². The Labute approximate surface area is 150 Å². The first-order chi connectivity index (χ1) is 9.92. The molecular formula is C16H27IN4O. The molecule has 1 atom stereocenters. The minimum absolute atomic E-state index is 0. The molecule has 1 aromatic rings. The van der Waals surface area contributed by atoms with Crippen molar-refractivity contribution in [1.82, 2.24) is 5.32 Å². The summed E-state index contributed by atoms with van der Waals surface area (Å²) in [6.45, 7) is 8.51. The highest BCUT2D eigenvalue weighted by atomic mass is 127. The van der Waals surface area contributed by atoms with Crippen molar-refractivity contribution in [3.8, 4) is 0 Å². The first-order valence-electron chi connectivity index (χ1n) is 7.36. The van der Waals surface area contributed by atoms with Crippen LogP contribution in [0, 0.1) is 13.8 Å². The van der Waals surface area contributed by atoms with Crippen molar-refractivity contribution in [3.63, 3.8) is 0 Å². The van der Waals surface area contributed by atoms with Gasteiger partial charge in [-0.15, -0.1) is 24.0 Å². The average molecular weight is 418 g/mol. The van der Waals surface area contributed by atoms with E-state index in [1.807, 2.05) is 39.0 Å². The quantitative estimate of drug-likeness (QED) is 0.378. The number of amides is 1. The van der Waals surface area contributed by atoms with Crippen LogP contribution in [0.4, 0.5) is 5.69 Å². The summed E-state index contributed by atoms with van der Waals surface area (Å²) in [4.78, 5) is 15.8. The van der Waals surface area contributed by atoms with E-state index < -0.39 is 0 Å². The third-order valence-corrected chi connectivity index (χ3v) is 3.42. The molecule has 0 heterocycles. The number of nitrogens with two attached hydrogens (primary N) is 1. The van der Waals surface area contributed by atoms with E-state index in [0.717, 1.165) is 12.1 Å². The fraction of sp³-hybridized carbons (Fsp3) is 0.500. The van der Waals surface area contributed by atoms with E-state index >= 15 is 0 Å². The van der Waals surface area contributed by atoms with Crippen LogP contribution in [0.1, 0.15) is 37.8 Å². The van der Waals surface area contributed by atoms with E-state index in [2.05, 4.69) is 22.5 Å². The Morgan fingerprint density at radius 3 is 2.59 bits per heavy atom. The number of aliphatic imine (C=N–C) groups is 1. The predicted molar refractivity (Wildman–Crippen MR) is 104 cm³/mol. The van der Waals surface area contributed by atoms with Crippen molar-refractivity contribution in [2.45, 2.75) is 46.6 Å². The van der Waals surface area contributed by atoms with Gasteiger partial charge in [-0.05, 0) is 50.5 Å². The number of nitrogens with zero attached hydrogens (tertiary/aromatic N) is 1. The van der Waals surface area contributed by atoms with Crippen LogP contribution in [0.5, 0.6) is 0 Å². The van der Waals surface area contributed by atoms with Crippen molar-refractivity contribution < 1.29 is 4.79 Å². The fourth-order valence-corrected chi connectivity index (χ4v) is 1.73. The molecule has 4 N–H and O–H groups in total. The first-order valence-corrected chi connectivity index (χ1v) is 7.36. The van der Waals surface area contributed by atoms with Crippen LogP contribution in [0.3, 0.4) is 0 Å². The SMILES string of the molecule is CCC(C)NC(=O)CCN=C(N)Nc1ccc(C)c(C)c1.I. The third-order valence-electron chi connectivity index (χ3n) is 3.42. The Bertz CT molecular complexity index is 517. The zero-order chi connectivity index (χ0) is 15.8. The molecule has 1 amide bonds. The van der Waals surface area contributed by atoms with Crippen molar-refractivity contribution in [3.05, 3.63) is 29.3 Å². The Kier molecular flexibility index (Phi) is 9.80. The molecule has 0 spiro atoms. The van der Waals surface area contributed by atoms with E-state index in [9.17, 15) is 4.79 Å². The fourth-order valence-electron chi connectivity index (χ4n) is 1.73. The number of hydrogen-bond donors (Lipinski definition) is 3. The number of hydrogen-bond acceptors (Lipinski definition) is 2. The molecule has 0 aliphatic carbocycles. The Hall–Kier alpha value is -1.31. The Morgan fingerprint density at radius 1 is 1.32 bits per heavy atom. The molecule has 0 aromatic heterocycles. The monoisotopic (exact) mass is 418 g/mol. The van der Waals surface area contributed by atoms with E-state index in [1.54, 1.807) is 0 Å². The molecule has 0 bridgehead atoms. The summed E-state index contributed by atoms with van der Waals surface area (Å²) in [6.07, 6.45) is 1.27. The molecule has 6 heteroatoms. The first kappa shape index (κ1) is 20.7. The van der Waals surface area contributed by atoms with Crippen LogP contribution >= 0.6 is 24.0 Å². The Balaban J connectivity index is 0.00000441. The van der Waals surface area contributed by atoms with Crippen molar-refractivity contribution in [2.75, 3.05) is 11.9 Å².